The van der Waals surface area contributed by atoms with Gasteiger partial charge in [0.1, 0.15) is 17.2 Å². The highest BCUT2D eigenvalue weighted by molar-refractivity contribution is 7.10. The summed E-state index contributed by atoms with van der Waals surface area (Å²) in [6.45, 7) is 3.07. The Bertz CT molecular complexity index is 583. The number of halogens is 1. The number of rotatable bonds is 1. The highest BCUT2D eigenvalue weighted by Crippen LogP contribution is 2.38. The molecule has 0 fully saturated rings. The minimum atomic E-state index is 0.270. The molecule has 2 aromatic rings. The second kappa shape index (κ2) is 4.40. The largest absolute Gasteiger partial charge is 0.382 e. The van der Waals surface area contributed by atoms with Crippen molar-refractivity contribution in [2.75, 3.05) is 17.2 Å². The predicted octanol–water partition coefficient (Wildman–Crippen LogP) is 2.90. The monoisotopic (exact) mass is 280 g/mol. The van der Waals surface area contributed by atoms with Crippen molar-refractivity contribution in [1.82, 2.24) is 9.97 Å². The molecular formula is C12H13ClN4S. The Morgan fingerprint density at radius 3 is 3.17 bits per heavy atom. The molecule has 1 aliphatic rings. The number of nitrogens with two attached hydrogens (primary N) is 1. The van der Waals surface area contributed by atoms with Crippen molar-refractivity contribution in [3.05, 3.63) is 33.2 Å². The van der Waals surface area contributed by atoms with E-state index in [1.165, 1.54) is 16.8 Å². The van der Waals surface area contributed by atoms with Crippen LogP contribution in [0.4, 0.5) is 11.6 Å². The zero-order valence-electron chi connectivity index (χ0n) is 9.93. The van der Waals surface area contributed by atoms with Crippen molar-refractivity contribution >= 4 is 34.6 Å². The number of fused-ring (bicyclic) bond motifs is 1. The first-order chi connectivity index (χ1) is 8.68. The zero-order chi connectivity index (χ0) is 12.7. The van der Waals surface area contributed by atoms with Crippen molar-refractivity contribution in [3.8, 4) is 0 Å². The van der Waals surface area contributed by atoms with Crippen LogP contribution in [0, 0.1) is 0 Å². The molecule has 1 unspecified atom stereocenters. The van der Waals surface area contributed by atoms with Crippen molar-refractivity contribution in [2.45, 2.75) is 19.4 Å². The van der Waals surface area contributed by atoms with Gasteiger partial charge in [-0.25, -0.2) is 9.97 Å². The number of hydrogen-bond donors (Lipinski definition) is 1. The van der Waals surface area contributed by atoms with E-state index in [0.29, 0.717) is 10.8 Å². The highest BCUT2D eigenvalue weighted by atomic mass is 35.5. The average molecular weight is 281 g/mol. The first kappa shape index (κ1) is 11.7. The van der Waals surface area contributed by atoms with Crippen molar-refractivity contribution in [1.29, 1.82) is 0 Å². The number of thiophene rings is 1. The quantitative estimate of drug-likeness (QED) is 0.873. The molecule has 0 radical (unpaired) electrons. The van der Waals surface area contributed by atoms with E-state index >= 15 is 0 Å². The first-order valence-electron chi connectivity index (χ1n) is 5.77. The van der Waals surface area contributed by atoms with Crippen LogP contribution in [0.2, 0.25) is 5.02 Å². The lowest BCUT2D eigenvalue weighted by atomic mass is 10.0. The molecule has 3 rings (SSSR count). The Labute approximate surface area is 114 Å². The Balaban J connectivity index is 2.02. The molecule has 0 aliphatic carbocycles. The Morgan fingerprint density at radius 2 is 2.33 bits per heavy atom. The van der Waals surface area contributed by atoms with Crippen LogP contribution >= 0.6 is 22.9 Å². The van der Waals surface area contributed by atoms with Gasteiger partial charge in [0.2, 0.25) is 0 Å². The summed E-state index contributed by atoms with van der Waals surface area (Å²) in [6.07, 6.45) is 2.49. The predicted molar refractivity (Wildman–Crippen MR) is 75.2 cm³/mol. The van der Waals surface area contributed by atoms with E-state index in [2.05, 4.69) is 33.2 Å². The fraction of sp³-hybridized carbons (Fsp3) is 0.333. The summed E-state index contributed by atoms with van der Waals surface area (Å²) >= 11 is 8.02. The van der Waals surface area contributed by atoms with E-state index in [4.69, 9.17) is 17.3 Å². The van der Waals surface area contributed by atoms with Crippen LogP contribution in [-0.4, -0.2) is 16.5 Å². The van der Waals surface area contributed by atoms with Gasteiger partial charge in [-0.2, -0.15) is 0 Å². The molecule has 2 N–H and O–H groups in total. The summed E-state index contributed by atoms with van der Waals surface area (Å²) in [4.78, 5) is 11.8. The normalized spacial score (nSPS) is 18.8. The van der Waals surface area contributed by atoms with Crippen LogP contribution in [0.3, 0.4) is 0 Å². The van der Waals surface area contributed by atoms with E-state index in [9.17, 15) is 0 Å². The molecular weight excluding hydrogens is 268 g/mol. The standard InChI is InChI=1S/C12H13ClN4S/c1-7-8-3-5-18-9(8)2-4-17(7)12-10(13)11(14)15-6-16-12/h3,5-7H,2,4H2,1H3,(H2,14,15,16). The second-order valence-electron chi connectivity index (χ2n) is 4.31. The van der Waals surface area contributed by atoms with E-state index in [1.54, 1.807) is 0 Å². The van der Waals surface area contributed by atoms with E-state index in [1.807, 2.05) is 11.3 Å². The summed E-state index contributed by atoms with van der Waals surface area (Å²) in [7, 11) is 0. The van der Waals surface area contributed by atoms with Gasteiger partial charge in [-0.15, -0.1) is 11.3 Å². The molecule has 0 spiro atoms. The Hall–Kier alpha value is -1.33. The van der Waals surface area contributed by atoms with Crippen LogP contribution in [0.15, 0.2) is 17.8 Å². The summed E-state index contributed by atoms with van der Waals surface area (Å²) in [6, 6.07) is 2.45. The molecule has 94 valence electrons. The Kier molecular flexibility index (Phi) is 2.87. The molecule has 1 atom stereocenters. The SMILES string of the molecule is CC1c2ccsc2CCN1c1ncnc(N)c1Cl. The van der Waals surface area contributed by atoms with Crippen LogP contribution in [0.5, 0.6) is 0 Å². The summed E-state index contributed by atoms with van der Waals surface area (Å²) in [5.41, 5.74) is 7.10. The number of aromatic nitrogens is 2. The lowest BCUT2D eigenvalue weighted by Gasteiger charge is -2.35. The van der Waals surface area contributed by atoms with Crippen LogP contribution in [0.1, 0.15) is 23.4 Å². The molecule has 0 saturated carbocycles. The van der Waals surface area contributed by atoms with Crippen LogP contribution in [0.25, 0.3) is 0 Å². The number of anilines is 2. The molecule has 6 heteroatoms. The van der Waals surface area contributed by atoms with Gasteiger partial charge in [0, 0.05) is 11.4 Å². The summed E-state index contributed by atoms with van der Waals surface area (Å²) in [5, 5.41) is 2.59. The summed E-state index contributed by atoms with van der Waals surface area (Å²) < 4.78 is 0. The first-order valence-corrected chi connectivity index (χ1v) is 7.03. The van der Waals surface area contributed by atoms with Gasteiger partial charge in [-0.3, -0.25) is 0 Å². The maximum Gasteiger partial charge on any atom is 0.153 e. The molecule has 4 nitrogen and oxygen atoms in total. The van der Waals surface area contributed by atoms with Crippen LogP contribution < -0.4 is 10.6 Å². The fourth-order valence-corrected chi connectivity index (χ4v) is 3.54. The van der Waals surface area contributed by atoms with Crippen molar-refractivity contribution in [3.63, 3.8) is 0 Å². The molecule has 0 amide bonds. The van der Waals surface area contributed by atoms with Gasteiger partial charge in [-0.05, 0) is 30.4 Å². The topological polar surface area (TPSA) is 55.0 Å². The highest BCUT2D eigenvalue weighted by Gasteiger charge is 2.27. The average Bonchev–Trinajstić information content (AvgIpc) is 2.83. The van der Waals surface area contributed by atoms with Crippen molar-refractivity contribution < 1.29 is 0 Å². The van der Waals surface area contributed by atoms with E-state index in [0.717, 1.165) is 18.8 Å². The lowest BCUT2D eigenvalue weighted by Crippen LogP contribution is -2.34. The maximum absolute atomic E-state index is 6.20. The number of nitrogens with zero attached hydrogens (tertiary/aromatic N) is 3. The number of hydrogen-bond acceptors (Lipinski definition) is 5. The lowest BCUT2D eigenvalue weighted by molar-refractivity contribution is 0.624. The maximum atomic E-state index is 6.20. The van der Waals surface area contributed by atoms with Gasteiger partial charge < -0.3 is 10.6 Å². The second-order valence-corrected chi connectivity index (χ2v) is 5.69. The molecule has 3 heterocycles. The van der Waals surface area contributed by atoms with Crippen LogP contribution in [-0.2, 0) is 6.42 Å². The molecule has 0 saturated heterocycles. The third kappa shape index (κ3) is 1.74. The van der Waals surface area contributed by atoms with Gasteiger partial charge >= 0.3 is 0 Å². The van der Waals surface area contributed by atoms with Gasteiger partial charge in [0.25, 0.3) is 0 Å². The third-order valence-electron chi connectivity index (χ3n) is 3.35. The van der Waals surface area contributed by atoms with Crippen molar-refractivity contribution in [2.24, 2.45) is 0 Å². The smallest absolute Gasteiger partial charge is 0.153 e. The fourth-order valence-electron chi connectivity index (χ4n) is 2.37. The van der Waals surface area contributed by atoms with E-state index < -0.39 is 0 Å². The number of nitrogen functional groups attached to an aromatic ring is 1. The zero-order valence-corrected chi connectivity index (χ0v) is 11.5. The van der Waals surface area contributed by atoms with Gasteiger partial charge in [-0.1, -0.05) is 11.6 Å². The van der Waals surface area contributed by atoms with Gasteiger partial charge in [0.05, 0.1) is 6.04 Å². The van der Waals surface area contributed by atoms with Gasteiger partial charge in [0.15, 0.2) is 5.82 Å². The third-order valence-corrected chi connectivity index (χ3v) is 4.71. The molecule has 0 bridgehead atoms. The molecule has 18 heavy (non-hydrogen) atoms. The minimum absolute atomic E-state index is 0.270. The molecule has 1 aliphatic heterocycles. The molecule has 2 aromatic heterocycles. The minimum Gasteiger partial charge on any atom is -0.382 e. The van der Waals surface area contributed by atoms with E-state index in [-0.39, 0.29) is 6.04 Å². The Morgan fingerprint density at radius 1 is 1.50 bits per heavy atom. The molecule has 0 aromatic carbocycles. The summed E-state index contributed by atoms with van der Waals surface area (Å²) in [5.74, 6) is 1.07.